The lowest BCUT2D eigenvalue weighted by atomic mass is 10.3. The normalized spacial score (nSPS) is 10.8. The van der Waals surface area contributed by atoms with Crippen molar-refractivity contribution in [3.8, 4) is 0 Å². The van der Waals surface area contributed by atoms with Crippen LogP contribution in [0, 0.1) is 0 Å². The van der Waals surface area contributed by atoms with E-state index < -0.39 is 0 Å². The number of hydrogen-bond donors (Lipinski definition) is 2. The van der Waals surface area contributed by atoms with Crippen LogP contribution in [0.3, 0.4) is 0 Å². The Kier molecular flexibility index (Phi) is 9.13. The van der Waals surface area contributed by atoms with E-state index in [2.05, 4.69) is 46.2 Å². The second-order valence-corrected chi connectivity index (χ2v) is 5.29. The van der Waals surface area contributed by atoms with Gasteiger partial charge in [-0.05, 0) is 18.2 Å². The molecular formula is C19H18ClN9. The fraction of sp³-hybridized carbons (Fsp3) is 0. The number of hydrogen-bond acceptors (Lipinski definition) is 7. The summed E-state index contributed by atoms with van der Waals surface area (Å²) in [7, 11) is 0. The van der Waals surface area contributed by atoms with Crippen LogP contribution in [-0.4, -0.2) is 39.6 Å². The fourth-order valence-electron chi connectivity index (χ4n) is 1.92. The van der Waals surface area contributed by atoms with Gasteiger partial charge in [0, 0.05) is 53.9 Å². The Morgan fingerprint density at radius 3 is 1.55 bits per heavy atom. The molecule has 0 radical (unpaired) electrons. The van der Waals surface area contributed by atoms with Gasteiger partial charge in [-0.15, -0.1) is 17.5 Å². The van der Waals surface area contributed by atoms with Gasteiger partial charge in [-0.3, -0.25) is 15.0 Å². The Bertz CT molecular complexity index is 905. The molecule has 0 saturated carbocycles. The summed E-state index contributed by atoms with van der Waals surface area (Å²) >= 11 is 0. The molecule has 0 aromatic carbocycles. The highest BCUT2D eigenvalue weighted by Crippen LogP contribution is 1.92. The number of nitrogens with one attached hydrogen (secondary N) is 2. The van der Waals surface area contributed by atoms with E-state index in [1.54, 1.807) is 55.8 Å². The van der Waals surface area contributed by atoms with E-state index in [1.165, 1.54) is 0 Å². The molecule has 0 fully saturated rings. The van der Waals surface area contributed by atoms with Crippen LogP contribution in [0.15, 0.2) is 94.0 Å². The molecule has 3 heterocycles. The van der Waals surface area contributed by atoms with Gasteiger partial charge in [-0.25, -0.2) is 10.9 Å². The van der Waals surface area contributed by atoms with Crippen LogP contribution in [0.1, 0.15) is 16.7 Å². The van der Waals surface area contributed by atoms with Crippen molar-refractivity contribution in [2.45, 2.75) is 0 Å². The molecule has 2 N–H and O–H groups in total. The van der Waals surface area contributed by atoms with E-state index >= 15 is 0 Å². The molecule has 0 amide bonds. The van der Waals surface area contributed by atoms with E-state index in [0.29, 0.717) is 0 Å². The van der Waals surface area contributed by atoms with Crippen molar-refractivity contribution in [1.29, 1.82) is 0 Å². The van der Waals surface area contributed by atoms with Gasteiger partial charge in [-0.1, -0.05) is 18.2 Å². The standard InChI is InChI=1S/C19H17N9.ClH/c1-4-16(10-20-7-1)13-23-26-19(27-24-14-17-5-2-8-21-11-17)28-25-15-18-6-3-9-22-12-18;/h1-15H,(H2,26,27,28);1H. The fourth-order valence-corrected chi connectivity index (χ4v) is 1.92. The van der Waals surface area contributed by atoms with Gasteiger partial charge in [0.2, 0.25) is 0 Å². The first-order valence-electron chi connectivity index (χ1n) is 8.29. The molecule has 0 aliphatic heterocycles. The highest BCUT2D eigenvalue weighted by atomic mass is 35.5. The molecule has 0 aliphatic carbocycles. The van der Waals surface area contributed by atoms with Crippen LogP contribution in [0.2, 0.25) is 0 Å². The minimum Gasteiger partial charge on any atom is -0.264 e. The second-order valence-electron chi connectivity index (χ2n) is 5.29. The Morgan fingerprint density at radius 1 is 0.690 bits per heavy atom. The van der Waals surface area contributed by atoms with E-state index in [9.17, 15) is 0 Å². The Hall–Kier alpha value is -3.98. The largest absolute Gasteiger partial charge is 0.264 e. The molecule has 0 atom stereocenters. The highest BCUT2D eigenvalue weighted by Gasteiger charge is 1.95. The van der Waals surface area contributed by atoms with E-state index in [-0.39, 0.29) is 18.4 Å². The summed E-state index contributed by atoms with van der Waals surface area (Å²) in [5.74, 6) is 0.237. The van der Waals surface area contributed by atoms with Gasteiger partial charge in [-0.2, -0.15) is 15.3 Å². The number of halogens is 1. The van der Waals surface area contributed by atoms with Crippen molar-refractivity contribution in [2.75, 3.05) is 0 Å². The maximum atomic E-state index is 4.11. The quantitative estimate of drug-likeness (QED) is 0.369. The van der Waals surface area contributed by atoms with Crippen LogP contribution >= 0.6 is 12.4 Å². The van der Waals surface area contributed by atoms with E-state index in [1.807, 2.05) is 36.4 Å². The minimum atomic E-state index is 0. The Morgan fingerprint density at radius 2 is 1.14 bits per heavy atom. The molecule has 3 aromatic heterocycles. The van der Waals surface area contributed by atoms with Crippen molar-refractivity contribution < 1.29 is 0 Å². The first-order valence-corrected chi connectivity index (χ1v) is 8.29. The number of aromatic nitrogens is 3. The predicted octanol–water partition coefficient (Wildman–Crippen LogP) is 2.23. The molecule has 10 heteroatoms. The first kappa shape index (κ1) is 21.3. The molecule has 0 saturated heterocycles. The Balaban J connectivity index is 0.00000300. The third-order valence-corrected chi connectivity index (χ3v) is 3.19. The molecule has 29 heavy (non-hydrogen) atoms. The second kappa shape index (κ2) is 12.4. The van der Waals surface area contributed by atoms with Crippen LogP contribution in [0.4, 0.5) is 0 Å². The van der Waals surface area contributed by atoms with Crippen LogP contribution in [0.25, 0.3) is 0 Å². The average molecular weight is 408 g/mol. The zero-order valence-corrected chi connectivity index (χ0v) is 16.0. The van der Waals surface area contributed by atoms with Gasteiger partial charge in [0.25, 0.3) is 5.96 Å². The van der Waals surface area contributed by atoms with Crippen LogP contribution in [-0.2, 0) is 0 Å². The van der Waals surface area contributed by atoms with E-state index in [4.69, 9.17) is 0 Å². The number of hydrazone groups is 2. The lowest BCUT2D eigenvalue weighted by Crippen LogP contribution is -2.30. The number of rotatable bonds is 6. The SMILES string of the molecule is C(=NN=C(NN=Cc1cccnc1)NN=Cc1cccnc1)c1cccnc1.Cl. The van der Waals surface area contributed by atoms with Crippen molar-refractivity contribution in [3.63, 3.8) is 0 Å². The van der Waals surface area contributed by atoms with Gasteiger partial charge >= 0.3 is 0 Å². The third kappa shape index (κ3) is 8.06. The summed E-state index contributed by atoms with van der Waals surface area (Å²) in [5, 5.41) is 16.3. The van der Waals surface area contributed by atoms with Crippen molar-refractivity contribution in [2.24, 2.45) is 20.4 Å². The molecule has 0 aliphatic rings. The number of nitrogens with zero attached hydrogens (tertiary/aromatic N) is 7. The molecule has 0 spiro atoms. The van der Waals surface area contributed by atoms with Crippen LogP contribution < -0.4 is 10.9 Å². The summed E-state index contributed by atoms with van der Waals surface area (Å²) in [6, 6.07) is 11.1. The molecule has 9 nitrogen and oxygen atoms in total. The third-order valence-electron chi connectivity index (χ3n) is 3.19. The topological polar surface area (TPSA) is 112 Å². The van der Waals surface area contributed by atoms with Crippen molar-refractivity contribution in [1.82, 2.24) is 25.8 Å². The number of pyridine rings is 3. The highest BCUT2D eigenvalue weighted by molar-refractivity contribution is 5.86. The summed E-state index contributed by atoms with van der Waals surface area (Å²) < 4.78 is 0. The summed E-state index contributed by atoms with van der Waals surface area (Å²) in [4.78, 5) is 12.1. The Labute approximate surface area is 173 Å². The zero-order chi connectivity index (χ0) is 19.3. The maximum Gasteiger partial charge on any atom is 0.257 e. The van der Waals surface area contributed by atoms with E-state index in [0.717, 1.165) is 16.7 Å². The minimum absolute atomic E-state index is 0. The average Bonchev–Trinajstić information content (AvgIpc) is 2.76. The van der Waals surface area contributed by atoms with Crippen molar-refractivity contribution in [3.05, 3.63) is 90.3 Å². The monoisotopic (exact) mass is 407 g/mol. The molecule has 0 unspecified atom stereocenters. The van der Waals surface area contributed by atoms with Gasteiger partial charge < -0.3 is 0 Å². The molecule has 3 aromatic rings. The summed E-state index contributed by atoms with van der Waals surface area (Å²) in [5.41, 5.74) is 8.03. The van der Waals surface area contributed by atoms with Gasteiger partial charge in [0.05, 0.1) is 18.6 Å². The first-order chi connectivity index (χ1) is 13.9. The smallest absolute Gasteiger partial charge is 0.257 e. The number of guanidine groups is 1. The van der Waals surface area contributed by atoms with Gasteiger partial charge in [0.1, 0.15) is 0 Å². The summed E-state index contributed by atoms with van der Waals surface area (Å²) in [6.07, 6.45) is 14.9. The lowest BCUT2D eigenvalue weighted by Gasteiger charge is -2.02. The summed E-state index contributed by atoms with van der Waals surface area (Å²) in [6.45, 7) is 0. The van der Waals surface area contributed by atoms with Gasteiger partial charge in [0.15, 0.2) is 0 Å². The molecule has 3 rings (SSSR count). The predicted molar refractivity (Wildman–Crippen MR) is 116 cm³/mol. The lowest BCUT2D eigenvalue weighted by molar-refractivity contribution is 0.890. The molecular weight excluding hydrogens is 390 g/mol. The molecule has 0 bridgehead atoms. The maximum absolute atomic E-state index is 4.11. The van der Waals surface area contributed by atoms with Crippen LogP contribution in [0.5, 0.6) is 0 Å². The zero-order valence-electron chi connectivity index (χ0n) is 15.2. The molecule has 146 valence electrons. The van der Waals surface area contributed by atoms with Crippen molar-refractivity contribution >= 4 is 37.0 Å².